The van der Waals surface area contributed by atoms with Crippen LogP contribution in [0.1, 0.15) is 27.5 Å². The average Bonchev–Trinajstić information content (AvgIpc) is 3.28. The molecule has 1 saturated heterocycles. The molecule has 0 radical (unpaired) electrons. The summed E-state index contributed by atoms with van der Waals surface area (Å²) in [6.07, 6.45) is 5.13. The van der Waals surface area contributed by atoms with Crippen LogP contribution in [0.25, 0.3) is 5.69 Å². The van der Waals surface area contributed by atoms with Crippen LogP contribution in [0.15, 0.2) is 73.1 Å². The summed E-state index contributed by atoms with van der Waals surface area (Å²) < 4.78 is 2.05. The Kier molecular flexibility index (Phi) is 4.06. The van der Waals surface area contributed by atoms with Gasteiger partial charge in [-0.3, -0.25) is 9.69 Å². The van der Waals surface area contributed by atoms with E-state index in [1.807, 2.05) is 58.3 Å². The predicted octanol–water partition coefficient (Wildman–Crippen LogP) is 3.53. The average molecular weight is 357 g/mol. The Bertz CT molecular complexity index is 946. The second-order valence-electron chi connectivity index (χ2n) is 7.39. The van der Waals surface area contributed by atoms with E-state index in [0.717, 1.165) is 43.9 Å². The van der Waals surface area contributed by atoms with Gasteiger partial charge in [0.2, 0.25) is 0 Å². The normalized spacial score (nSPS) is 19.4. The van der Waals surface area contributed by atoms with Crippen LogP contribution in [0.5, 0.6) is 0 Å². The van der Waals surface area contributed by atoms with Gasteiger partial charge in [-0.1, -0.05) is 24.3 Å². The topological polar surface area (TPSA) is 28.5 Å². The van der Waals surface area contributed by atoms with Gasteiger partial charge in [0.1, 0.15) is 0 Å². The first-order chi connectivity index (χ1) is 13.3. The second-order valence-corrected chi connectivity index (χ2v) is 7.39. The van der Waals surface area contributed by atoms with Crippen molar-refractivity contribution in [3.05, 3.63) is 89.7 Å². The molecule has 0 spiro atoms. The van der Waals surface area contributed by atoms with E-state index in [0.29, 0.717) is 6.04 Å². The number of benzene rings is 2. The standard InChI is InChI=1S/C23H23N3O/c27-23(19-7-9-20(10-8-19)24-12-3-4-13-24)26-16-15-25-14-11-18-5-1-2-6-21(18)22(25)17-26/h1-10,12-13,22H,11,14-17H2. The molecule has 1 atom stereocenters. The molecular formula is C23H23N3O. The van der Waals surface area contributed by atoms with E-state index in [2.05, 4.69) is 29.2 Å². The summed E-state index contributed by atoms with van der Waals surface area (Å²) in [4.78, 5) is 17.6. The third-order valence-electron chi connectivity index (χ3n) is 5.88. The van der Waals surface area contributed by atoms with E-state index in [1.54, 1.807) is 0 Å². The number of aromatic nitrogens is 1. The molecule has 4 heteroatoms. The zero-order valence-electron chi connectivity index (χ0n) is 15.3. The fourth-order valence-electron chi connectivity index (χ4n) is 4.38. The lowest BCUT2D eigenvalue weighted by Gasteiger charge is -2.44. The Morgan fingerprint density at radius 2 is 1.63 bits per heavy atom. The highest BCUT2D eigenvalue weighted by Crippen LogP contribution is 2.32. The summed E-state index contributed by atoms with van der Waals surface area (Å²) in [5.41, 5.74) is 4.67. The van der Waals surface area contributed by atoms with Gasteiger partial charge in [0.25, 0.3) is 5.91 Å². The van der Waals surface area contributed by atoms with E-state index in [4.69, 9.17) is 0 Å². The highest BCUT2D eigenvalue weighted by atomic mass is 16.2. The van der Waals surface area contributed by atoms with Crippen molar-refractivity contribution >= 4 is 5.91 Å². The first-order valence-electron chi connectivity index (χ1n) is 9.64. The number of hydrogen-bond donors (Lipinski definition) is 0. The first kappa shape index (κ1) is 16.3. The zero-order chi connectivity index (χ0) is 18.2. The summed E-state index contributed by atoms with van der Waals surface area (Å²) in [6.45, 7) is 3.62. The highest BCUT2D eigenvalue weighted by Gasteiger charge is 2.34. The molecular weight excluding hydrogens is 334 g/mol. The van der Waals surface area contributed by atoms with Crippen LogP contribution in [0, 0.1) is 0 Å². The molecule has 0 bridgehead atoms. The highest BCUT2D eigenvalue weighted by molar-refractivity contribution is 5.94. The molecule has 0 saturated carbocycles. The molecule has 3 heterocycles. The van der Waals surface area contributed by atoms with Gasteiger partial charge in [-0.2, -0.15) is 0 Å². The van der Waals surface area contributed by atoms with E-state index in [1.165, 1.54) is 11.1 Å². The van der Waals surface area contributed by atoms with Crippen molar-refractivity contribution in [2.75, 3.05) is 26.2 Å². The lowest BCUT2D eigenvalue weighted by atomic mass is 9.91. The molecule has 2 aliphatic rings. The molecule has 2 aromatic carbocycles. The van der Waals surface area contributed by atoms with Gasteiger partial charge in [0.05, 0.1) is 6.04 Å². The third-order valence-corrected chi connectivity index (χ3v) is 5.88. The fraction of sp³-hybridized carbons (Fsp3) is 0.261. The lowest BCUT2D eigenvalue weighted by molar-refractivity contribution is 0.0453. The number of hydrogen-bond acceptors (Lipinski definition) is 2. The number of rotatable bonds is 2. The summed E-state index contributed by atoms with van der Waals surface area (Å²) in [7, 11) is 0. The van der Waals surface area contributed by atoms with Gasteiger partial charge in [-0.15, -0.1) is 0 Å². The van der Waals surface area contributed by atoms with Crippen molar-refractivity contribution in [2.45, 2.75) is 12.5 Å². The molecule has 3 aromatic rings. The summed E-state index contributed by atoms with van der Waals surface area (Å²) in [5.74, 6) is 0.136. The van der Waals surface area contributed by atoms with Gasteiger partial charge in [0.15, 0.2) is 0 Å². The van der Waals surface area contributed by atoms with Crippen molar-refractivity contribution in [3.8, 4) is 5.69 Å². The van der Waals surface area contributed by atoms with E-state index < -0.39 is 0 Å². The molecule has 1 unspecified atom stereocenters. The van der Waals surface area contributed by atoms with Gasteiger partial charge in [-0.05, 0) is 53.9 Å². The Morgan fingerprint density at radius 3 is 2.44 bits per heavy atom. The van der Waals surface area contributed by atoms with Crippen molar-refractivity contribution in [1.82, 2.24) is 14.4 Å². The van der Waals surface area contributed by atoms with E-state index >= 15 is 0 Å². The molecule has 0 N–H and O–H groups in total. The molecule has 1 amide bonds. The lowest BCUT2D eigenvalue weighted by Crippen LogP contribution is -2.52. The molecule has 2 aliphatic heterocycles. The number of carbonyl (C=O) groups excluding carboxylic acids is 1. The zero-order valence-corrected chi connectivity index (χ0v) is 15.3. The smallest absolute Gasteiger partial charge is 0.253 e. The van der Waals surface area contributed by atoms with Crippen LogP contribution >= 0.6 is 0 Å². The Balaban J connectivity index is 1.36. The number of fused-ring (bicyclic) bond motifs is 3. The molecule has 1 fully saturated rings. The SMILES string of the molecule is O=C(c1ccc(-n2cccc2)cc1)N1CCN2CCc3ccccc3C2C1. The molecule has 0 aliphatic carbocycles. The Morgan fingerprint density at radius 1 is 0.852 bits per heavy atom. The van der Waals surface area contributed by atoms with Crippen LogP contribution < -0.4 is 0 Å². The Labute approximate surface area is 159 Å². The molecule has 1 aromatic heterocycles. The van der Waals surface area contributed by atoms with Crippen LogP contribution in [-0.4, -0.2) is 46.5 Å². The van der Waals surface area contributed by atoms with Crippen molar-refractivity contribution < 1.29 is 4.79 Å². The molecule has 27 heavy (non-hydrogen) atoms. The minimum Gasteiger partial charge on any atom is -0.335 e. The monoisotopic (exact) mass is 357 g/mol. The minimum absolute atomic E-state index is 0.136. The van der Waals surface area contributed by atoms with Gasteiger partial charge < -0.3 is 9.47 Å². The third kappa shape index (κ3) is 2.96. The van der Waals surface area contributed by atoms with E-state index in [9.17, 15) is 4.79 Å². The summed E-state index contributed by atoms with van der Waals surface area (Å²) in [6, 6.07) is 20.9. The van der Waals surface area contributed by atoms with Crippen molar-refractivity contribution in [3.63, 3.8) is 0 Å². The van der Waals surface area contributed by atoms with Crippen molar-refractivity contribution in [2.24, 2.45) is 0 Å². The maximum atomic E-state index is 13.1. The second kappa shape index (κ2) is 6.71. The van der Waals surface area contributed by atoms with Crippen LogP contribution in [0.4, 0.5) is 0 Å². The van der Waals surface area contributed by atoms with Crippen LogP contribution in [-0.2, 0) is 6.42 Å². The number of nitrogens with zero attached hydrogens (tertiary/aromatic N) is 3. The summed E-state index contributed by atoms with van der Waals surface area (Å²) >= 11 is 0. The number of piperazine rings is 1. The largest absolute Gasteiger partial charge is 0.335 e. The van der Waals surface area contributed by atoms with Crippen LogP contribution in [0.2, 0.25) is 0 Å². The minimum atomic E-state index is 0.136. The Hall–Kier alpha value is -2.85. The predicted molar refractivity (Wildman–Crippen MR) is 106 cm³/mol. The molecule has 4 nitrogen and oxygen atoms in total. The quantitative estimate of drug-likeness (QED) is 0.702. The van der Waals surface area contributed by atoms with Gasteiger partial charge in [-0.25, -0.2) is 0 Å². The number of carbonyl (C=O) groups is 1. The van der Waals surface area contributed by atoms with E-state index in [-0.39, 0.29) is 5.91 Å². The van der Waals surface area contributed by atoms with Crippen LogP contribution in [0.3, 0.4) is 0 Å². The maximum Gasteiger partial charge on any atom is 0.253 e. The van der Waals surface area contributed by atoms with Gasteiger partial charge in [0, 0.05) is 49.8 Å². The molecule has 136 valence electrons. The molecule has 5 rings (SSSR count). The maximum absolute atomic E-state index is 13.1. The fourth-order valence-corrected chi connectivity index (χ4v) is 4.38. The van der Waals surface area contributed by atoms with Gasteiger partial charge >= 0.3 is 0 Å². The number of amides is 1. The summed E-state index contributed by atoms with van der Waals surface area (Å²) in [5, 5.41) is 0. The van der Waals surface area contributed by atoms with Crippen molar-refractivity contribution in [1.29, 1.82) is 0 Å². The first-order valence-corrected chi connectivity index (χ1v) is 9.64.